The van der Waals surface area contributed by atoms with E-state index in [9.17, 15) is 0 Å². The summed E-state index contributed by atoms with van der Waals surface area (Å²) < 4.78 is 27.8. The molecule has 0 amide bonds. The van der Waals surface area contributed by atoms with Crippen LogP contribution in [-0.2, 0) is 18.3 Å². The molecule has 7 aromatic rings. The van der Waals surface area contributed by atoms with E-state index in [-0.39, 0.29) is 6.71 Å². The van der Waals surface area contributed by atoms with E-state index in [2.05, 4.69) is 134 Å². The van der Waals surface area contributed by atoms with Gasteiger partial charge in [0.2, 0.25) is 0 Å². The molecule has 5 aliphatic rings. The molecule has 1 unspecified atom stereocenters. The van der Waals surface area contributed by atoms with Crippen molar-refractivity contribution in [3.8, 4) is 46.0 Å². The summed E-state index contributed by atoms with van der Waals surface area (Å²) in [6.45, 7) is 4.61. The number of fused-ring (bicyclic) bond motifs is 11. The van der Waals surface area contributed by atoms with Crippen LogP contribution in [0.25, 0.3) is 0 Å². The number of nitrogens with zero attached hydrogens (tertiary/aromatic N) is 1. The molecule has 0 saturated carbocycles. The molecule has 0 radical (unpaired) electrons. The van der Waals surface area contributed by atoms with E-state index in [4.69, 9.17) is 18.9 Å². The predicted molar refractivity (Wildman–Crippen MR) is 210 cm³/mol. The zero-order chi connectivity index (χ0) is 35.0. The minimum Gasteiger partial charge on any atom is -0.458 e. The van der Waals surface area contributed by atoms with Gasteiger partial charge in [0, 0.05) is 28.4 Å². The molecule has 5 nitrogen and oxygen atoms in total. The average molecular weight is 686 g/mol. The molecule has 12 rings (SSSR count). The monoisotopic (exact) mass is 685 g/mol. The summed E-state index contributed by atoms with van der Waals surface area (Å²) in [5.74, 6) is 6.81. The van der Waals surface area contributed by atoms with E-state index in [1.807, 2.05) is 18.2 Å². The van der Waals surface area contributed by atoms with E-state index in [0.717, 1.165) is 103 Å². The lowest BCUT2D eigenvalue weighted by Crippen LogP contribution is -2.58. The van der Waals surface area contributed by atoms with Gasteiger partial charge in [-0.2, -0.15) is 0 Å². The molecular weight excluding hydrogens is 653 g/mol. The van der Waals surface area contributed by atoms with Gasteiger partial charge < -0.3 is 18.9 Å². The fourth-order valence-electron chi connectivity index (χ4n) is 9.82. The van der Waals surface area contributed by atoms with E-state index in [1.54, 1.807) is 0 Å². The van der Waals surface area contributed by atoms with Crippen LogP contribution in [0.5, 0.6) is 46.0 Å². The Bertz CT molecular complexity index is 2730. The molecule has 0 aromatic heterocycles. The van der Waals surface area contributed by atoms with Crippen molar-refractivity contribution in [2.45, 2.75) is 32.1 Å². The molecule has 0 N–H and O–H groups in total. The number of para-hydroxylation sites is 6. The fourth-order valence-corrected chi connectivity index (χ4v) is 9.82. The van der Waals surface area contributed by atoms with Crippen molar-refractivity contribution in [3.63, 3.8) is 0 Å². The lowest BCUT2D eigenvalue weighted by molar-refractivity contribution is 0.437. The van der Waals surface area contributed by atoms with Gasteiger partial charge in [0.1, 0.15) is 28.7 Å². The highest BCUT2D eigenvalue weighted by Gasteiger charge is 2.48. The number of rotatable bonds is 2. The van der Waals surface area contributed by atoms with E-state index in [0.29, 0.717) is 0 Å². The Morgan fingerprint density at radius 3 is 1.87 bits per heavy atom. The van der Waals surface area contributed by atoms with Gasteiger partial charge in [0.05, 0.1) is 11.4 Å². The zero-order valence-corrected chi connectivity index (χ0v) is 29.3. The van der Waals surface area contributed by atoms with Gasteiger partial charge in [-0.25, -0.2) is 0 Å². The molecule has 53 heavy (non-hydrogen) atoms. The second kappa shape index (κ2) is 10.4. The SMILES string of the molecule is CCc1c(C2(C)c3ccccc3Cc3c2cc2c4c3Oc3ccccc3B4c3ccccc3O2)cc2c3c1Oc1ccccc1N3c1ccccc1O2. The van der Waals surface area contributed by atoms with Crippen molar-refractivity contribution in [1.82, 2.24) is 0 Å². The lowest BCUT2D eigenvalue weighted by Gasteiger charge is -2.45. The third-order valence-corrected chi connectivity index (χ3v) is 12.1. The summed E-state index contributed by atoms with van der Waals surface area (Å²) in [6, 6.07) is 46.9. The first-order chi connectivity index (χ1) is 26.1. The van der Waals surface area contributed by atoms with Crippen LogP contribution < -0.4 is 40.2 Å². The normalized spacial score (nSPS) is 17.1. The first kappa shape index (κ1) is 29.2. The van der Waals surface area contributed by atoms with Crippen molar-refractivity contribution >= 4 is 40.2 Å². The summed E-state index contributed by atoms with van der Waals surface area (Å²) in [5.41, 5.74) is 13.0. The molecule has 7 aromatic carbocycles. The predicted octanol–water partition coefficient (Wildman–Crippen LogP) is 9.92. The van der Waals surface area contributed by atoms with Crippen LogP contribution in [0.2, 0.25) is 0 Å². The molecule has 0 saturated heterocycles. The maximum atomic E-state index is 7.04. The summed E-state index contributed by atoms with van der Waals surface area (Å²) in [7, 11) is 0. The van der Waals surface area contributed by atoms with Crippen LogP contribution in [0, 0.1) is 0 Å². The summed E-state index contributed by atoms with van der Waals surface area (Å²) in [6.07, 6.45) is 1.51. The van der Waals surface area contributed by atoms with Crippen LogP contribution >= 0.6 is 0 Å². The highest BCUT2D eigenvalue weighted by Crippen LogP contribution is 2.63. The number of ether oxygens (including phenoxy) is 4. The number of hydrogen-bond donors (Lipinski definition) is 0. The molecule has 0 bridgehead atoms. The Morgan fingerprint density at radius 1 is 0.566 bits per heavy atom. The van der Waals surface area contributed by atoms with Crippen molar-refractivity contribution in [2.24, 2.45) is 0 Å². The minimum atomic E-state index is -0.617. The van der Waals surface area contributed by atoms with E-state index in [1.165, 1.54) is 22.3 Å². The van der Waals surface area contributed by atoms with Gasteiger partial charge in [-0.05, 0) is 95.1 Å². The van der Waals surface area contributed by atoms with Crippen LogP contribution in [-0.4, -0.2) is 6.71 Å². The molecule has 0 fully saturated rings. The van der Waals surface area contributed by atoms with E-state index < -0.39 is 5.41 Å². The third kappa shape index (κ3) is 3.72. The Hall–Kier alpha value is -6.40. The van der Waals surface area contributed by atoms with E-state index >= 15 is 0 Å². The van der Waals surface area contributed by atoms with Gasteiger partial charge in [-0.1, -0.05) is 91.9 Å². The Kier molecular flexibility index (Phi) is 5.71. The van der Waals surface area contributed by atoms with Gasteiger partial charge in [-0.15, -0.1) is 0 Å². The van der Waals surface area contributed by atoms with Gasteiger partial charge in [0.15, 0.2) is 23.0 Å². The number of anilines is 3. The van der Waals surface area contributed by atoms with Crippen LogP contribution in [0.1, 0.15) is 47.2 Å². The van der Waals surface area contributed by atoms with Crippen molar-refractivity contribution < 1.29 is 18.9 Å². The molecule has 252 valence electrons. The molecule has 0 spiro atoms. The Labute approximate surface area is 308 Å². The molecule has 6 heteroatoms. The smallest absolute Gasteiger partial charge is 0.260 e. The highest BCUT2D eigenvalue weighted by molar-refractivity contribution is 6.98. The maximum Gasteiger partial charge on any atom is 0.260 e. The highest BCUT2D eigenvalue weighted by atomic mass is 16.5. The molecular formula is C47H32BNO4. The molecule has 4 heterocycles. The van der Waals surface area contributed by atoms with Crippen LogP contribution in [0.3, 0.4) is 0 Å². The fraction of sp³-hybridized carbons (Fsp3) is 0.106. The average Bonchev–Trinajstić information content (AvgIpc) is 3.20. The molecule has 4 aliphatic heterocycles. The van der Waals surface area contributed by atoms with Crippen LogP contribution in [0.15, 0.2) is 133 Å². The topological polar surface area (TPSA) is 40.2 Å². The van der Waals surface area contributed by atoms with Gasteiger partial charge >= 0.3 is 0 Å². The lowest BCUT2D eigenvalue weighted by atomic mass is 9.34. The minimum absolute atomic E-state index is 0.0101. The summed E-state index contributed by atoms with van der Waals surface area (Å²) in [4.78, 5) is 2.31. The molecule has 1 aliphatic carbocycles. The zero-order valence-electron chi connectivity index (χ0n) is 29.3. The summed E-state index contributed by atoms with van der Waals surface area (Å²) in [5, 5.41) is 0. The maximum absolute atomic E-state index is 7.04. The first-order valence-corrected chi connectivity index (χ1v) is 18.5. The molecule has 1 atom stereocenters. The summed E-state index contributed by atoms with van der Waals surface area (Å²) >= 11 is 0. The van der Waals surface area contributed by atoms with Crippen molar-refractivity contribution in [1.29, 1.82) is 0 Å². The largest absolute Gasteiger partial charge is 0.458 e. The van der Waals surface area contributed by atoms with Crippen molar-refractivity contribution in [3.05, 3.63) is 167 Å². The third-order valence-electron chi connectivity index (χ3n) is 12.1. The Morgan fingerprint density at radius 2 is 1.13 bits per heavy atom. The van der Waals surface area contributed by atoms with Gasteiger partial charge in [-0.3, -0.25) is 4.90 Å². The number of benzene rings is 7. The van der Waals surface area contributed by atoms with Crippen LogP contribution in [0.4, 0.5) is 17.1 Å². The van der Waals surface area contributed by atoms with Gasteiger partial charge in [0.25, 0.3) is 6.71 Å². The second-order valence-electron chi connectivity index (χ2n) is 14.7. The Balaban J connectivity index is 1.16. The standard InChI is InChI=1S/C47H32BNO4/c1-3-28-31(26-42-44-46(28)53-40-23-13-9-19-36(40)49(44)35-18-8-12-22-39(35)51-42)47(2)30-15-5-4-14-27(30)24-29-32(47)25-41-43-45(29)52-38-21-11-7-17-34(38)48(43)33-16-6-10-20-37(33)50-41/h4-23,25-26H,3,24H2,1-2H3. The quantitative estimate of drug-likeness (QED) is 0.170. The second-order valence-corrected chi connectivity index (χ2v) is 14.7. The first-order valence-electron chi connectivity index (χ1n) is 18.5. The van der Waals surface area contributed by atoms with Crippen molar-refractivity contribution in [2.75, 3.05) is 4.90 Å². The number of hydrogen-bond acceptors (Lipinski definition) is 5.